The molecule has 12 heavy (non-hydrogen) atoms. The third-order valence-corrected chi connectivity index (χ3v) is 3.46. The van der Waals surface area contributed by atoms with Gasteiger partial charge in [-0.3, -0.25) is 0 Å². The molecule has 0 amide bonds. The molecule has 70 valence electrons. The van der Waals surface area contributed by atoms with Gasteiger partial charge in [0, 0.05) is 5.92 Å². The number of hydrogen-bond acceptors (Lipinski definition) is 3. The van der Waals surface area contributed by atoms with Crippen molar-refractivity contribution in [2.24, 2.45) is 11.8 Å². The Morgan fingerprint density at radius 3 is 2.50 bits per heavy atom. The summed E-state index contributed by atoms with van der Waals surface area (Å²) in [4.78, 5) is 0. The topological polar surface area (TPSA) is 49.7 Å². The van der Waals surface area contributed by atoms with Crippen molar-refractivity contribution in [2.75, 3.05) is 6.61 Å². The number of fused-ring (bicyclic) bond motifs is 2. The minimum Gasteiger partial charge on any atom is -0.393 e. The summed E-state index contributed by atoms with van der Waals surface area (Å²) in [6.45, 7) is 4.03. The lowest BCUT2D eigenvalue weighted by molar-refractivity contribution is -0.119. The molecule has 3 nitrogen and oxygen atoms in total. The summed E-state index contributed by atoms with van der Waals surface area (Å²) in [5.74, 6) is 0.688. The number of hydrogen-bond donors (Lipinski definition) is 2. The van der Waals surface area contributed by atoms with Crippen molar-refractivity contribution in [1.29, 1.82) is 0 Å². The quantitative estimate of drug-likeness (QED) is 0.592. The molecule has 0 radical (unpaired) electrons. The Balaban J connectivity index is 2.28. The lowest BCUT2D eigenvalue weighted by Crippen LogP contribution is -2.41. The predicted molar refractivity (Wildman–Crippen MR) is 43.6 cm³/mol. The van der Waals surface area contributed by atoms with Crippen LogP contribution in [0, 0.1) is 11.8 Å². The van der Waals surface area contributed by atoms with Crippen LogP contribution >= 0.6 is 0 Å². The zero-order valence-corrected chi connectivity index (χ0v) is 7.53. The molecule has 0 aromatic rings. The third-order valence-electron chi connectivity index (χ3n) is 3.46. The molecule has 2 aliphatic rings. The first-order chi connectivity index (χ1) is 5.60. The van der Waals surface area contributed by atoms with Crippen LogP contribution in [0.2, 0.25) is 0 Å². The van der Waals surface area contributed by atoms with E-state index >= 15 is 0 Å². The summed E-state index contributed by atoms with van der Waals surface area (Å²) in [5, 5.41) is 19.0. The molecular formula is C9H16O3. The zero-order valence-electron chi connectivity index (χ0n) is 7.53. The van der Waals surface area contributed by atoms with Crippen LogP contribution in [0.1, 0.15) is 20.3 Å². The van der Waals surface area contributed by atoms with Crippen molar-refractivity contribution >= 4 is 0 Å². The van der Waals surface area contributed by atoms with Crippen molar-refractivity contribution in [3.63, 3.8) is 0 Å². The van der Waals surface area contributed by atoms with E-state index in [-0.39, 0.29) is 18.6 Å². The average molecular weight is 172 g/mol. The van der Waals surface area contributed by atoms with Crippen molar-refractivity contribution in [3.05, 3.63) is 0 Å². The van der Waals surface area contributed by atoms with Gasteiger partial charge in [-0.05, 0) is 19.3 Å². The van der Waals surface area contributed by atoms with Crippen LogP contribution in [-0.4, -0.2) is 34.6 Å². The minimum absolute atomic E-state index is 0.0562. The fraction of sp³-hybridized carbons (Fsp3) is 1.00. The first kappa shape index (κ1) is 8.48. The van der Waals surface area contributed by atoms with E-state index in [4.69, 9.17) is 9.84 Å². The van der Waals surface area contributed by atoms with Gasteiger partial charge in [0.25, 0.3) is 0 Å². The summed E-state index contributed by atoms with van der Waals surface area (Å²) < 4.78 is 5.58. The van der Waals surface area contributed by atoms with E-state index < -0.39 is 11.7 Å². The number of aliphatic hydroxyl groups excluding tert-OH is 2. The van der Waals surface area contributed by atoms with Gasteiger partial charge in [0.2, 0.25) is 0 Å². The number of rotatable bonds is 1. The fourth-order valence-corrected chi connectivity index (χ4v) is 2.95. The smallest absolute Gasteiger partial charge is 0.118 e. The Kier molecular flexibility index (Phi) is 1.72. The fourth-order valence-electron chi connectivity index (χ4n) is 2.95. The highest BCUT2D eigenvalue weighted by molar-refractivity contribution is 5.09. The maximum absolute atomic E-state index is 9.84. The second-order valence-electron chi connectivity index (χ2n) is 4.25. The summed E-state index contributed by atoms with van der Waals surface area (Å²) in [5.41, 5.74) is -0.635. The average Bonchev–Trinajstić information content (AvgIpc) is 2.37. The van der Waals surface area contributed by atoms with Crippen molar-refractivity contribution < 1.29 is 14.9 Å². The summed E-state index contributed by atoms with van der Waals surface area (Å²) in [6.07, 6.45) is 0.419. The van der Waals surface area contributed by atoms with Crippen LogP contribution in [0.4, 0.5) is 0 Å². The molecule has 0 aromatic carbocycles. The van der Waals surface area contributed by atoms with Crippen molar-refractivity contribution in [3.8, 4) is 0 Å². The molecule has 3 heteroatoms. The normalized spacial score (nSPS) is 58.0. The highest BCUT2D eigenvalue weighted by Gasteiger charge is 2.60. The van der Waals surface area contributed by atoms with Crippen LogP contribution in [0.3, 0.4) is 0 Å². The lowest BCUT2D eigenvalue weighted by atomic mass is 9.92. The summed E-state index contributed by atoms with van der Waals surface area (Å²) in [6, 6.07) is 0. The largest absolute Gasteiger partial charge is 0.393 e. The van der Waals surface area contributed by atoms with Crippen LogP contribution < -0.4 is 0 Å². The Morgan fingerprint density at radius 2 is 2.17 bits per heavy atom. The maximum atomic E-state index is 9.84. The maximum Gasteiger partial charge on any atom is 0.118 e. The Labute approximate surface area is 72.3 Å². The van der Waals surface area contributed by atoms with E-state index in [9.17, 15) is 5.11 Å². The molecule has 0 spiro atoms. The van der Waals surface area contributed by atoms with E-state index in [1.807, 2.05) is 6.92 Å². The van der Waals surface area contributed by atoms with E-state index in [1.54, 1.807) is 0 Å². The van der Waals surface area contributed by atoms with Gasteiger partial charge in [-0.15, -0.1) is 0 Å². The molecule has 1 unspecified atom stereocenters. The van der Waals surface area contributed by atoms with E-state index in [0.717, 1.165) is 6.42 Å². The highest BCUT2D eigenvalue weighted by atomic mass is 16.5. The molecule has 2 fully saturated rings. The second-order valence-corrected chi connectivity index (χ2v) is 4.25. The van der Waals surface area contributed by atoms with Gasteiger partial charge in [-0.1, -0.05) is 6.92 Å². The molecular weight excluding hydrogens is 156 g/mol. The zero-order chi connectivity index (χ0) is 8.93. The van der Waals surface area contributed by atoms with Crippen LogP contribution in [0.15, 0.2) is 0 Å². The summed E-state index contributed by atoms with van der Waals surface area (Å²) in [7, 11) is 0. The molecule has 1 aliphatic heterocycles. The molecule has 2 rings (SSSR count). The number of aliphatic hydroxyl groups is 2. The summed E-state index contributed by atoms with van der Waals surface area (Å²) >= 11 is 0. The standard InChI is InChI=1S/C9H16O3/c1-5-3-9(4-10)8(11)7(5)6(2)12-9/h5-8,10-11H,3-4H2,1-2H3/t5?,6-,7-,8-,9+/m0/s1. The van der Waals surface area contributed by atoms with Crippen molar-refractivity contribution in [2.45, 2.75) is 38.1 Å². The molecule has 0 aromatic heterocycles. The Hall–Kier alpha value is -0.120. The van der Waals surface area contributed by atoms with Gasteiger partial charge < -0.3 is 14.9 Å². The molecule has 5 atom stereocenters. The Morgan fingerprint density at radius 1 is 1.50 bits per heavy atom. The van der Waals surface area contributed by atoms with Gasteiger partial charge >= 0.3 is 0 Å². The SMILES string of the molecule is CC1C[C@]2(CO)O[C@@H](C)[C@H]1[C@@H]2O. The molecule has 1 heterocycles. The first-order valence-corrected chi connectivity index (χ1v) is 4.57. The first-order valence-electron chi connectivity index (χ1n) is 4.57. The van der Waals surface area contributed by atoms with Gasteiger partial charge in [0.1, 0.15) is 5.60 Å². The Bertz CT molecular complexity index is 180. The van der Waals surface area contributed by atoms with Gasteiger partial charge in [-0.25, -0.2) is 0 Å². The third kappa shape index (κ3) is 0.817. The second kappa shape index (κ2) is 2.44. The van der Waals surface area contributed by atoms with E-state index in [1.165, 1.54) is 0 Å². The van der Waals surface area contributed by atoms with Gasteiger partial charge in [0.05, 0.1) is 18.8 Å². The monoisotopic (exact) mass is 172 g/mol. The number of ether oxygens (including phenoxy) is 1. The molecule has 1 saturated carbocycles. The van der Waals surface area contributed by atoms with Gasteiger partial charge in [0.15, 0.2) is 0 Å². The van der Waals surface area contributed by atoms with Crippen molar-refractivity contribution in [1.82, 2.24) is 0 Å². The van der Waals surface area contributed by atoms with E-state index in [2.05, 4.69) is 6.92 Å². The van der Waals surface area contributed by atoms with Gasteiger partial charge in [-0.2, -0.15) is 0 Å². The lowest BCUT2D eigenvalue weighted by Gasteiger charge is -2.30. The molecule has 2 bridgehead atoms. The van der Waals surface area contributed by atoms with Crippen LogP contribution in [-0.2, 0) is 4.74 Å². The molecule has 1 aliphatic carbocycles. The molecule has 1 saturated heterocycles. The van der Waals surface area contributed by atoms with E-state index in [0.29, 0.717) is 5.92 Å². The minimum atomic E-state index is -0.635. The van der Waals surface area contributed by atoms with Crippen LogP contribution in [0.25, 0.3) is 0 Å². The highest BCUT2D eigenvalue weighted by Crippen LogP contribution is 2.50. The predicted octanol–water partition coefficient (Wildman–Crippen LogP) is 0.153. The van der Waals surface area contributed by atoms with Crippen LogP contribution in [0.5, 0.6) is 0 Å². The molecule has 2 N–H and O–H groups in total.